The molecule has 0 amide bonds. The predicted octanol–water partition coefficient (Wildman–Crippen LogP) is 8.06. The Bertz CT molecular complexity index is 1940. The molecule has 216 valence electrons. The first-order valence-electron chi connectivity index (χ1n) is 14.0. The molecular weight excluding hydrogens is 647 g/mol. The van der Waals surface area contributed by atoms with Gasteiger partial charge in [-0.1, -0.05) is 66.7 Å². The van der Waals surface area contributed by atoms with Crippen LogP contribution in [0, 0.1) is 0 Å². The fraction of sp³-hybridized carbons (Fsp3) is 0. The van der Waals surface area contributed by atoms with Gasteiger partial charge in [-0.25, -0.2) is 0 Å². The van der Waals surface area contributed by atoms with Crippen molar-refractivity contribution >= 4 is 39.2 Å². The molecule has 0 saturated carbocycles. The molecule has 0 N–H and O–H groups in total. The molecule has 0 aliphatic heterocycles. The average Bonchev–Trinajstić information content (AvgIpc) is 3.11. The van der Waals surface area contributed by atoms with Crippen molar-refractivity contribution < 1.29 is 29.1 Å². The zero-order valence-electron chi connectivity index (χ0n) is 23.9. The summed E-state index contributed by atoms with van der Waals surface area (Å²) in [6, 6.07) is 39.1. The number of Topliss-reactive ketones (excluding diaryl/α,β-unsaturated/α-hetero) is 1. The molecule has 0 bridgehead atoms. The van der Waals surface area contributed by atoms with E-state index in [0.29, 0.717) is 5.56 Å². The van der Waals surface area contributed by atoms with Crippen LogP contribution in [0.25, 0.3) is 50.4 Å². The second-order valence-electron chi connectivity index (χ2n) is 9.80. The van der Waals surface area contributed by atoms with E-state index in [1.807, 2.05) is 103 Å². The van der Waals surface area contributed by atoms with Gasteiger partial charge in [0.25, 0.3) is 0 Å². The van der Waals surface area contributed by atoms with Gasteiger partial charge in [-0.3, -0.25) is 29.5 Å². The number of aromatic nitrogens is 4. The molecule has 7 aromatic rings. The average molecular weight is 674 g/mol. The molecule has 0 fully saturated rings. The number of carbonyl (C=O) groups is 2. The van der Waals surface area contributed by atoms with Crippen LogP contribution in [0.3, 0.4) is 0 Å². The monoisotopic (exact) mass is 673 g/mol. The Hall–Kier alpha value is -5.52. The summed E-state index contributed by atoms with van der Waals surface area (Å²) < 4.78 is 0. The Morgan fingerprint density at radius 1 is 0.400 bits per heavy atom. The number of carbonyl (C=O) groups excluding carboxylic acids is 2. The number of fused-ring (bicyclic) bond motifs is 5. The first-order valence-corrected chi connectivity index (χ1v) is 14.0. The predicted molar refractivity (Wildman–Crippen MR) is 175 cm³/mol. The van der Waals surface area contributed by atoms with Crippen molar-refractivity contribution in [2.45, 2.75) is 0 Å². The van der Waals surface area contributed by atoms with Crippen molar-refractivity contribution in [2.75, 3.05) is 0 Å². The van der Waals surface area contributed by atoms with Gasteiger partial charge in [0, 0.05) is 30.4 Å². The standard InChI is InChI=1S/C18H10O2.2C10H8N2.Rh/c19-17-10-9-15-14-6-5-11-3-1-2-4-12(11)13(14)7-8-16(15)18(17)20;2*1-3-7-11-9(5-1)10-6-2-4-8-12-10;/h1-10H;2*1-8H;/q;;;+3. The number of ketones is 2. The van der Waals surface area contributed by atoms with E-state index in [4.69, 9.17) is 0 Å². The van der Waals surface area contributed by atoms with E-state index < -0.39 is 11.6 Å². The van der Waals surface area contributed by atoms with Gasteiger partial charge in [-0.15, -0.1) is 0 Å². The Kier molecular flexibility index (Phi) is 10.2. The zero-order valence-corrected chi connectivity index (χ0v) is 25.6. The first-order chi connectivity index (χ1) is 21.7. The molecule has 0 unspecified atom stereocenters. The number of hydrogen-bond donors (Lipinski definition) is 0. The van der Waals surface area contributed by atoms with E-state index >= 15 is 0 Å². The van der Waals surface area contributed by atoms with Gasteiger partial charge in [-0.2, -0.15) is 0 Å². The third-order valence-corrected chi connectivity index (χ3v) is 7.02. The smallest absolute Gasteiger partial charge is 0.286 e. The summed E-state index contributed by atoms with van der Waals surface area (Å²) in [6.07, 6.45) is 10.2. The summed E-state index contributed by atoms with van der Waals surface area (Å²) in [5, 5.41) is 4.44. The fourth-order valence-corrected chi connectivity index (χ4v) is 4.91. The van der Waals surface area contributed by atoms with E-state index in [-0.39, 0.29) is 19.5 Å². The minimum Gasteiger partial charge on any atom is -0.286 e. The summed E-state index contributed by atoms with van der Waals surface area (Å²) in [6.45, 7) is 0. The molecule has 0 atom stereocenters. The Morgan fingerprint density at radius 2 is 0.867 bits per heavy atom. The topological polar surface area (TPSA) is 85.7 Å². The number of benzene rings is 3. The molecule has 4 heterocycles. The number of nitrogens with zero attached hydrogens (tertiary/aromatic N) is 4. The maximum absolute atomic E-state index is 11.9. The minimum absolute atomic E-state index is 0. The third-order valence-electron chi connectivity index (χ3n) is 7.02. The molecule has 0 spiro atoms. The molecule has 8 rings (SSSR count). The van der Waals surface area contributed by atoms with Crippen LogP contribution in [0.2, 0.25) is 0 Å². The zero-order chi connectivity index (χ0) is 30.1. The van der Waals surface area contributed by atoms with E-state index in [1.165, 1.54) is 11.5 Å². The quantitative estimate of drug-likeness (QED) is 0.105. The molecule has 1 aliphatic carbocycles. The fourth-order valence-electron chi connectivity index (χ4n) is 4.91. The molecule has 1 aliphatic rings. The largest absolute Gasteiger partial charge is 3.00 e. The first kappa shape index (κ1) is 30.9. The third kappa shape index (κ3) is 7.18. The van der Waals surface area contributed by atoms with Gasteiger partial charge < -0.3 is 0 Å². The van der Waals surface area contributed by atoms with Crippen LogP contribution in [-0.4, -0.2) is 31.5 Å². The molecule has 45 heavy (non-hydrogen) atoms. The summed E-state index contributed by atoms with van der Waals surface area (Å²) in [5.41, 5.74) is 5.01. The maximum Gasteiger partial charge on any atom is 3.00 e. The number of hydrogen-bond acceptors (Lipinski definition) is 6. The van der Waals surface area contributed by atoms with Crippen molar-refractivity contribution in [1.82, 2.24) is 19.9 Å². The molecule has 3 aromatic carbocycles. The maximum atomic E-state index is 11.9. The summed E-state index contributed by atoms with van der Waals surface area (Å²) in [4.78, 5) is 40.1. The minimum atomic E-state index is -0.447. The van der Waals surface area contributed by atoms with Gasteiger partial charge in [0.2, 0.25) is 11.6 Å². The van der Waals surface area contributed by atoms with Crippen LogP contribution in [0.5, 0.6) is 0 Å². The molecular formula is C38H26N4O2Rh+3. The molecule has 6 nitrogen and oxygen atoms in total. The molecule has 0 radical (unpaired) electrons. The van der Waals surface area contributed by atoms with Crippen LogP contribution in [0.4, 0.5) is 0 Å². The second kappa shape index (κ2) is 14.8. The van der Waals surface area contributed by atoms with Crippen LogP contribution < -0.4 is 0 Å². The Balaban J connectivity index is 0.000000139. The van der Waals surface area contributed by atoms with Crippen LogP contribution in [0.15, 0.2) is 152 Å². The van der Waals surface area contributed by atoms with Crippen molar-refractivity contribution in [1.29, 1.82) is 0 Å². The Morgan fingerprint density at radius 3 is 1.36 bits per heavy atom. The van der Waals surface area contributed by atoms with Gasteiger partial charge in [-0.05, 0) is 93.9 Å². The SMILES string of the molecule is O=C1C=Cc2c(ccc3c2ccc2ccccc23)C1=O.[Rh+3].c1ccc(-c2ccccn2)nc1.c1ccc(-c2ccccn2)nc1. The van der Waals surface area contributed by atoms with Crippen LogP contribution >= 0.6 is 0 Å². The van der Waals surface area contributed by atoms with Crippen LogP contribution in [-0.2, 0) is 24.3 Å². The van der Waals surface area contributed by atoms with Crippen molar-refractivity contribution in [3.05, 3.63) is 163 Å². The van der Waals surface area contributed by atoms with E-state index in [0.717, 1.165) is 44.5 Å². The summed E-state index contributed by atoms with van der Waals surface area (Å²) in [7, 11) is 0. The van der Waals surface area contributed by atoms with Gasteiger partial charge in [0.15, 0.2) is 0 Å². The van der Waals surface area contributed by atoms with Crippen molar-refractivity contribution in [3.63, 3.8) is 0 Å². The molecule has 7 heteroatoms. The summed E-state index contributed by atoms with van der Waals surface area (Å²) >= 11 is 0. The van der Waals surface area contributed by atoms with Crippen molar-refractivity contribution in [3.8, 4) is 22.8 Å². The van der Waals surface area contributed by atoms with Gasteiger partial charge >= 0.3 is 19.5 Å². The number of pyridine rings is 4. The number of allylic oxidation sites excluding steroid dienone is 1. The molecule has 0 saturated heterocycles. The van der Waals surface area contributed by atoms with E-state index in [2.05, 4.69) is 32.1 Å². The summed E-state index contributed by atoms with van der Waals surface area (Å²) in [5.74, 6) is -0.866. The normalized spacial score (nSPS) is 11.4. The van der Waals surface area contributed by atoms with Gasteiger partial charge in [0.05, 0.1) is 22.8 Å². The second-order valence-corrected chi connectivity index (χ2v) is 9.80. The van der Waals surface area contributed by atoms with Crippen LogP contribution in [0.1, 0.15) is 15.9 Å². The Labute approximate surface area is 273 Å². The number of rotatable bonds is 2. The van der Waals surface area contributed by atoms with Crippen molar-refractivity contribution in [2.24, 2.45) is 0 Å². The van der Waals surface area contributed by atoms with E-state index in [1.54, 1.807) is 36.9 Å². The van der Waals surface area contributed by atoms with E-state index in [9.17, 15) is 9.59 Å². The van der Waals surface area contributed by atoms with Gasteiger partial charge in [0.1, 0.15) is 0 Å². The molecule has 4 aromatic heterocycles.